The van der Waals surface area contributed by atoms with Crippen LogP contribution in [0.25, 0.3) is 27.9 Å². The average Bonchev–Trinajstić information content (AvgIpc) is 2.72. The number of benzene rings is 2. The molecule has 0 bridgehead atoms. The summed E-state index contributed by atoms with van der Waals surface area (Å²) in [5.74, 6) is -2.36. The molecule has 166 valence electrons. The summed E-state index contributed by atoms with van der Waals surface area (Å²) in [4.78, 5) is 24.9. The van der Waals surface area contributed by atoms with Crippen molar-refractivity contribution in [1.82, 2.24) is 0 Å². The fourth-order valence-corrected chi connectivity index (χ4v) is 7.25. The van der Waals surface area contributed by atoms with Crippen LogP contribution >= 0.6 is 110 Å². The summed E-state index contributed by atoms with van der Waals surface area (Å²) in [6.07, 6.45) is 0. The van der Waals surface area contributed by atoms with E-state index < -0.39 is 17.3 Å². The van der Waals surface area contributed by atoms with Gasteiger partial charge >= 0.3 is 5.97 Å². The van der Waals surface area contributed by atoms with Crippen LogP contribution in [0.15, 0.2) is 60.4 Å². The molecule has 0 spiro atoms. The summed E-state index contributed by atoms with van der Waals surface area (Å²) in [7, 11) is 0. The number of hydrogen-bond acceptors (Lipinski definition) is 3. The van der Waals surface area contributed by atoms with Crippen LogP contribution in [-0.2, 0) is 4.79 Å². The summed E-state index contributed by atoms with van der Waals surface area (Å²) in [6.45, 7) is 0. The number of alkyl halides is 1. The number of carboxylic acids is 1. The van der Waals surface area contributed by atoms with Gasteiger partial charge in [0.1, 0.15) is 16.0 Å². The van der Waals surface area contributed by atoms with E-state index >= 15 is 0 Å². The standard InChI is InChI=1S/C20H6Br4Cl4O4/c21-4-1-5-9(10-11(20(30)31)14(26)16(28)15(27)13(10)25)6-3-7(22)17(29)12(24)19(6)32-18(5)8(23)2-4/h1-3,11,14H,(H,30,31). The van der Waals surface area contributed by atoms with Crippen LogP contribution in [0.4, 0.5) is 0 Å². The topological polar surface area (TPSA) is 67.5 Å². The third kappa shape index (κ3) is 3.92. The lowest BCUT2D eigenvalue weighted by molar-refractivity contribution is -0.139. The highest BCUT2D eigenvalue weighted by atomic mass is 79.9. The van der Waals surface area contributed by atoms with Gasteiger partial charge in [-0.25, -0.2) is 0 Å². The Hall–Kier alpha value is -0.0600. The largest absolute Gasteiger partial charge is 0.481 e. The van der Waals surface area contributed by atoms with Gasteiger partial charge in [-0.15, -0.1) is 11.6 Å². The summed E-state index contributed by atoms with van der Waals surface area (Å²) in [6, 6.07) is 5.05. The highest BCUT2D eigenvalue weighted by molar-refractivity contribution is 9.11. The Labute approximate surface area is 234 Å². The molecule has 12 heteroatoms. The highest BCUT2D eigenvalue weighted by Crippen LogP contribution is 2.52. The molecule has 0 aromatic heterocycles. The van der Waals surface area contributed by atoms with Crippen LogP contribution in [-0.4, -0.2) is 16.5 Å². The molecule has 1 aromatic rings. The Morgan fingerprint density at radius 1 is 1.00 bits per heavy atom. The lowest BCUT2D eigenvalue weighted by atomic mass is 9.82. The number of aliphatic carboxylic acids is 1. The highest BCUT2D eigenvalue weighted by Gasteiger charge is 2.42. The zero-order valence-corrected chi connectivity index (χ0v) is 24.5. The molecule has 2 unspecified atom stereocenters. The molecule has 4 nitrogen and oxygen atoms in total. The molecule has 32 heavy (non-hydrogen) atoms. The lowest BCUT2D eigenvalue weighted by Gasteiger charge is -2.30. The predicted octanol–water partition coefficient (Wildman–Crippen LogP) is 8.91. The molecule has 1 aliphatic heterocycles. The molecule has 1 N–H and O–H groups in total. The molecule has 4 rings (SSSR count). The minimum Gasteiger partial charge on any atom is -0.481 e. The van der Waals surface area contributed by atoms with Crippen LogP contribution in [0.1, 0.15) is 5.56 Å². The van der Waals surface area contributed by atoms with Gasteiger partial charge in [-0.1, -0.05) is 50.7 Å². The molecule has 1 aromatic carbocycles. The van der Waals surface area contributed by atoms with Gasteiger partial charge in [0.2, 0.25) is 5.43 Å². The third-order valence-corrected chi connectivity index (χ3v) is 9.24. The lowest BCUT2D eigenvalue weighted by Crippen LogP contribution is -2.30. The van der Waals surface area contributed by atoms with Crippen molar-refractivity contribution >= 4 is 133 Å². The van der Waals surface area contributed by atoms with Crippen molar-refractivity contribution in [3.8, 4) is 11.3 Å². The number of rotatable bonds is 2. The Morgan fingerprint density at radius 2 is 1.66 bits per heavy atom. The van der Waals surface area contributed by atoms with Crippen LogP contribution in [0.5, 0.6) is 0 Å². The molecule has 2 atom stereocenters. The second-order valence-corrected chi connectivity index (χ2v) is 11.8. The Bertz CT molecular complexity index is 1430. The maximum Gasteiger partial charge on any atom is 0.312 e. The number of fused-ring (bicyclic) bond motifs is 2. The zero-order chi connectivity index (χ0) is 23.6. The third-order valence-electron chi connectivity index (χ3n) is 4.90. The molecule has 2 aliphatic carbocycles. The Balaban J connectivity index is 2.32. The summed E-state index contributed by atoms with van der Waals surface area (Å²) < 4.78 is 7.73. The van der Waals surface area contributed by atoms with Gasteiger partial charge in [0, 0.05) is 21.0 Å². The minimum absolute atomic E-state index is 0.0458. The number of carboxylic acid groups (broad SMARTS) is 1. The van der Waals surface area contributed by atoms with Gasteiger partial charge in [0.15, 0.2) is 5.76 Å². The van der Waals surface area contributed by atoms with Crippen molar-refractivity contribution in [2.75, 3.05) is 0 Å². The van der Waals surface area contributed by atoms with Crippen LogP contribution in [0.2, 0.25) is 0 Å². The first-order valence-electron chi connectivity index (χ1n) is 8.51. The van der Waals surface area contributed by atoms with E-state index in [0.29, 0.717) is 31.0 Å². The van der Waals surface area contributed by atoms with E-state index in [0.717, 1.165) is 0 Å². The number of hydrogen-bond donors (Lipinski definition) is 1. The van der Waals surface area contributed by atoms with Crippen molar-refractivity contribution in [2.45, 2.75) is 5.38 Å². The van der Waals surface area contributed by atoms with E-state index in [1.165, 1.54) is 0 Å². The first kappa shape index (κ1) is 25.0. The smallest absolute Gasteiger partial charge is 0.312 e. The molecule has 0 radical (unpaired) electrons. The first-order chi connectivity index (χ1) is 15.0. The Morgan fingerprint density at radius 3 is 2.28 bits per heavy atom. The van der Waals surface area contributed by atoms with Crippen molar-refractivity contribution < 1.29 is 14.3 Å². The van der Waals surface area contributed by atoms with Gasteiger partial charge in [-0.2, -0.15) is 0 Å². The first-order valence-corrected chi connectivity index (χ1v) is 13.3. The van der Waals surface area contributed by atoms with Gasteiger partial charge in [0.05, 0.1) is 29.4 Å². The number of carbonyl (C=O) groups is 1. The fraction of sp³-hybridized carbons (Fsp3) is 0.100. The maximum absolute atomic E-state index is 12.6. The van der Waals surface area contributed by atoms with E-state index in [4.69, 9.17) is 50.8 Å². The van der Waals surface area contributed by atoms with E-state index in [-0.39, 0.29) is 40.8 Å². The average molecular weight is 772 g/mol. The van der Waals surface area contributed by atoms with Crippen molar-refractivity contribution in [2.24, 2.45) is 5.92 Å². The van der Waals surface area contributed by atoms with Crippen LogP contribution in [0, 0.1) is 5.92 Å². The van der Waals surface area contributed by atoms with Crippen molar-refractivity contribution in [1.29, 1.82) is 0 Å². The Kier molecular flexibility index (Phi) is 7.19. The zero-order valence-electron chi connectivity index (χ0n) is 15.1. The molecule has 0 saturated heterocycles. The van der Waals surface area contributed by atoms with E-state index in [9.17, 15) is 14.7 Å². The summed E-state index contributed by atoms with van der Waals surface area (Å²) in [5, 5.41) is 9.25. The van der Waals surface area contributed by atoms with Crippen LogP contribution in [0.3, 0.4) is 0 Å². The number of allylic oxidation sites excluding steroid dienone is 3. The summed E-state index contributed by atoms with van der Waals surface area (Å²) in [5.41, 5.74) is 1.00. The quantitative estimate of drug-likeness (QED) is 0.209. The molecule has 0 saturated carbocycles. The predicted molar refractivity (Wildman–Crippen MR) is 142 cm³/mol. The normalized spacial score (nSPS) is 19.4. The molecule has 0 amide bonds. The maximum atomic E-state index is 12.6. The minimum atomic E-state index is -1.32. The second-order valence-electron chi connectivity index (χ2n) is 6.73. The van der Waals surface area contributed by atoms with Crippen LogP contribution < -0.4 is 5.43 Å². The monoisotopic (exact) mass is 766 g/mol. The molecular weight excluding hydrogens is 766 g/mol. The second kappa shape index (κ2) is 9.19. The van der Waals surface area contributed by atoms with E-state index in [2.05, 4.69) is 63.7 Å². The van der Waals surface area contributed by atoms with Crippen molar-refractivity contribution in [3.63, 3.8) is 0 Å². The molecular formula is C20H6Br4Cl4O4. The van der Waals surface area contributed by atoms with E-state index in [1.54, 1.807) is 18.2 Å². The fourth-order valence-electron chi connectivity index (χ4n) is 3.54. The molecule has 0 fully saturated rings. The molecule has 3 aliphatic rings. The van der Waals surface area contributed by atoms with Gasteiger partial charge in [-0.3, -0.25) is 9.59 Å². The molecule has 1 heterocycles. The number of halogens is 8. The van der Waals surface area contributed by atoms with E-state index in [1.807, 2.05) is 0 Å². The van der Waals surface area contributed by atoms with Gasteiger partial charge in [0.25, 0.3) is 0 Å². The van der Waals surface area contributed by atoms with Gasteiger partial charge in [-0.05, 0) is 71.6 Å². The summed E-state index contributed by atoms with van der Waals surface area (Å²) >= 11 is 39.1. The van der Waals surface area contributed by atoms with Gasteiger partial charge < -0.3 is 9.52 Å². The SMILES string of the molecule is O=C(O)C1C(c2c3cc(Br)c(=O)c(Br)c-3oc3c(Br)cc(Br)cc23)=C(Cl)C(Cl)=C(Cl)C1Cl. The van der Waals surface area contributed by atoms with Crippen molar-refractivity contribution in [3.05, 3.63) is 67.0 Å².